The lowest BCUT2D eigenvalue weighted by molar-refractivity contribution is -0.126. The van der Waals surface area contributed by atoms with Gasteiger partial charge >= 0.3 is 0 Å². The van der Waals surface area contributed by atoms with Gasteiger partial charge in [-0.2, -0.15) is 0 Å². The number of anilines is 2. The van der Waals surface area contributed by atoms with Crippen LogP contribution in [0.3, 0.4) is 0 Å². The molecule has 8 nitrogen and oxygen atoms in total. The van der Waals surface area contributed by atoms with Crippen molar-refractivity contribution >= 4 is 17.3 Å². The highest BCUT2D eigenvalue weighted by atomic mass is 16.5. The van der Waals surface area contributed by atoms with E-state index in [0.717, 1.165) is 29.7 Å². The van der Waals surface area contributed by atoms with Crippen LogP contribution >= 0.6 is 0 Å². The second-order valence-corrected chi connectivity index (χ2v) is 9.35. The van der Waals surface area contributed by atoms with Crippen LogP contribution in [0.4, 0.5) is 11.4 Å². The number of hydrogen-bond donors (Lipinski definition) is 1. The van der Waals surface area contributed by atoms with Crippen molar-refractivity contribution in [2.75, 3.05) is 43.1 Å². The van der Waals surface area contributed by atoms with E-state index in [1.54, 1.807) is 17.8 Å². The van der Waals surface area contributed by atoms with Crippen molar-refractivity contribution < 1.29 is 14.3 Å². The summed E-state index contributed by atoms with van der Waals surface area (Å²) in [4.78, 5) is 32.4. The van der Waals surface area contributed by atoms with Gasteiger partial charge in [-0.3, -0.25) is 14.6 Å². The van der Waals surface area contributed by atoms with Gasteiger partial charge in [0, 0.05) is 55.7 Å². The molecule has 0 spiro atoms. The Morgan fingerprint density at radius 1 is 1.21 bits per heavy atom. The fraction of sp³-hybridized carbons (Fsp3) is 0.560. The third-order valence-electron chi connectivity index (χ3n) is 6.61. The van der Waals surface area contributed by atoms with E-state index >= 15 is 0 Å². The Bertz CT molecular complexity index is 1060. The van der Waals surface area contributed by atoms with Gasteiger partial charge < -0.3 is 24.3 Å². The molecular weight excluding hydrogens is 420 g/mol. The summed E-state index contributed by atoms with van der Waals surface area (Å²) >= 11 is 0. The summed E-state index contributed by atoms with van der Waals surface area (Å²) < 4.78 is 12.9. The number of amides is 1. The third kappa shape index (κ3) is 5.28. The maximum absolute atomic E-state index is 13.0. The van der Waals surface area contributed by atoms with Gasteiger partial charge in [0.2, 0.25) is 5.91 Å². The monoisotopic (exact) mass is 454 g/mol. The van der Waals surface area contributed by atoms with Crippen molar-refractivity contribution in [3.63, 3.8) is 0 Å². The van der Waals surface area contributed by atoms with Crippen molar-refractivity contribution in [2.45, 2.75) is 39.7 Å². The minimum absolute atomic E-state index is 0.00928. The number of morpholine rings is 1. The molecule has 2 atom stereocenters. The summed E-state index contributed by atoms with van der Waals surface area (Å²) in [6.45, 7) is 9.40. The summed E-state index contributed by atoms with van der Waals surface area (Å²) in [7, 11) is 1.76. The molecule has 1 amide bonds. The Labute approximate surface area is 194 Å². The van der Waals surface area contributed by atoms with Crippen molar-refractivity contribution in [2.24, 2.45) is 18.9 Å². The Morgan fingerprint density at radius 2 is 1.97 bits per heavy atom. The number of rotatable bonds is 5. The van der Waals surface area contributed by atoms with Crippen molar-refractivity contribution in [1.29, 1.82) is 0 Å². The lowest BCUT2D eigenvalue weighted by Crippen LogP contribution is -2.40. The average molecular weight is 455 g/mol. The molecule has 2 aliphatic rings. The van der Waals surface area contributed by atoms with E-state index in [-0.39, 0.29) is 23.5 Å². The molecule has 2 aromatic rings. The van der Waals surface area contributed by atoms with Crippen LogP contribution in [0.5, 0.6) is 0 Å². The SMILES string of the molecule is Cc1ncc(NC(=O)[C@H]2CCO[C@H](C(C)C)C2)cc1-c1cc(N2CCOCC2)c(=O)n(C)c1. The van der Waals surface area contributed by atoms with Gasteiger partial charge in [-0.25, -0.2) is 0 Å². The highest BCUT2D eigenvalue weighted by Gasteiger charge is 2.29. The maximum atomic E-state index is 13.0. The number of carbonyl (C=O) groups excluding carboxylic acids is 1. The third-order valence-corrected chi connectivity index (χ3v) is 6.61. The highest BCUT2D eigenvalue weighted by molar-refractivity contribution is 5.93. The van der Waals surface area contributed by atoms with Crippen molar-refractivity contribution in [3.05, 3.63) is 40.6 Å². The average Bonchev–Trinajstić information content (AvgIpc) is 2.82. The molecule has 2 aromatic heterocycles. The minimum atomic E-state index is -0.0682. The zero-order valence-electron chi connectivity index (χ0n) is 20.0. The fourth-order valence-corrected chi connectivity index (χ4v) is 4.54. The van der Waals surface area contributed by atoms with E-state index in [0.29, 0.717) is 50.2 Å². The molecule has 2 saturated heterocycles. The van der Waals surface area contributed by atoms with E-state index < -0.39 is 0 Å². The first-order valence-electron chi connectivity index (χ1n) is 11.8. The van der Waals surface area contributed by atoms with Crippen LogP contribution in [-0.4, -0.2) is 54.5 Å². The molecule has 0 unspecified atom stereocenters. The van der Waals surface area contributed by atoms with Crippen molar-refractivity contribution in [1.82, 2.24) is 9.55 Å². The Kier molecular flexibility index (Phi) is 7.14. The van der Waals surface area contributed by atoms with E-state index in [9.17, 15) is 9.59 Å². The predicted molar refractivity (Wildman–Crippen MR) is 129 cm³/mol. The van der Waals surface area contributed by atoms with E-state index in [1.807, 2.05) is 25.3 Å². The molecule has 0 bridgehead atoms. The van der Waals surface area contributed by atoms with E-state index in [2.05, 4.69) is 29.0 Å². The molecule has 4 rings (SSSR count). The molecule has 2 aliphatic heterocycles. The quantitative estimate of drug-likeness (QED) is 0.748. The Balaban J connectivity index is 1.58. The van der Waals surface area contributed by atoms with Crippen LogP contribution in [0, 0.1) is 18.8 Å². The number of ether oxygens (including phenoxy) is 2. The smallest absolute Gasteiger partial charge is 0.273 e. The minimum Gasteiger partial charge on any atom is -0.378 e. The molecule has 1 N–H and O–H groups in total. The normalized spacial score (nSPS) is 21.3. The molecule has 2 fully saturated rings. The molecule has 0 aromatic carbocycles. The summed E-state index contributed by atoms with van der Waals surface area (Å²) in [5, 5.41) is 3.06. The van der Waals surface area contributed by atoms with Crippen LogP contribution in [0.1, 0.15) is 32.4 Å². The highest BCUT2D eigenvalue weighted by Crippen LogP contribution is 2.29. The molecule has 0 saturated carbocycles. The van der Waals surface area contributed by atoms with Gasteiger partial charge in [0.15, 0.2) is 0 Å². The number of nitrogens with one attached hydrogen (secondary N) is 1. The number of aryl methyl sites for hydroxylation is 2. The van der Waals surface area contributed by atoms with Gasteiger partial charge in [0.25, 0.3) is 5.56 Å². The lowest BCUT2D eigenvalue weighted by atomic mass is 9.89. The van der Waals surface area contributed by atoms with Gasteiger partial charge in [0.1, 0.15) is 5.69 Å². The van der Waals surface area contributed by atoms with E-state index in [4.69, 9.17) is 9.47 Å². The largest absolute Gasteiger partial charge is 0.378 e. The van der Waals surface area contributed by atoms with Crippen LogP contribution in [0.2, 0.25) is 0 Å². The number of aromatic nitrogens is 2. The van der Waals surface area contributed by atoms with Gasteiger partial charge in [-0.05, 0) is 37.8 Å². The fourth-order valence-electron chi connectivity index (χ4n) is 4.54. The zero-order valence-corrected chi connectivity index (χ0v) is 20.0. The van der Waals surface area contributed by atoms with Crippen LogP contribution in [-0.2, 0) is 21.3 Å². The summed E-state index contributed by atoms with van der Waals surface area (Å²) in [6.07, 6.45) is 5.10. The van der Waals surface area contributed by atoms with Crippen LogP contribution in [0.15, 0.2) is 29.3 Å². The van der Waals surface area contributed by atoms with E-state index in [1.165, 1.54) is 0 Å². The molecule has 8 heteroatoms. The van der Waals surface area contributed by atoms with Gasteiger partial charge in [-0.15, -0.1) is 0 Å². The second kappa shape index (κ2) is 10.1. The van der Waals surface area contributed by atoms with Crippen molar-refractivity contribution in [3.8, 4) is 11.1 Å². The van der Waals surface area contributed by atoms with Crippen LogP contribution < -0.4 is 15.8 Å². The summed E-state index contributed by atoms with van der Waals surface area (Å²) in [5.41, 5.74) is 3.92. The first kappa shape index (κ1) is 23.4. The topological polar surface area (TPSA) is 85.7 Å². The Hall–Kier alpha value is -2.71. The van der Waals surface area contributed by atoms with Crippen LogP contribution in [0.25, 0.3) is 11.1 Å². The molecular formula is C25H34N4O4. The first-order valence-corrected chi connectivity index (χ1v) is 11.8. The van der Waals surface area contributed by atoms with Gasteiger partial charge in [-0.1, -0.05) is 13.8 Å². The predicted octanol–water partition coefficient (Wildman–Crippen LogP) is 2.98. The number of pyridine rings is 2. The van der Waals surface area contributed by atoms with Gasteiger partial charge in [0.05, 0.1) is 31.2 Å². The summed E-state index contributed by atoms with van der Waals surface area (Å²) in [6, 6.07) is 3.87. The standard InChI is InChI=1S/C25H34N4O4/c1-16(2)23-12-18(5-8-33-23)24(30)27-20-13-21(17(3)26-14-20)19-11-22(25(31)28(4)15-19)29-6-9-32-10-7-29/h11,13-16,18,23H,5-10,12H2,1-4H3,(H,27,30)/t18-,23-/m0/s1. The maximum Gasteiger partial charge on any atom is 0.273 e. The first-order chi connectivity index (χ1) is 15.8. The zero-order chi connectivity index (χ0) is 23.5. The number of hydrogen-bond acceptors (Lipinski definition) is 6. The summed E-state index contributed by atoms with van der Waals surface area (Å²) in [5.74, 6) is 0.329. The Morgan fingerprint density at radius 3 is 2.70 bits per heavy atom. The molecule has 4 heterocycles. The molecule has 0 aliphatic carbocycles. The number of nitrogens with zero attached hydrogens (tertiary/aromatic N) is 3. The lowest BCUT2D eigenvalue weighted by Gasteiger charge is -2.31. The molecule has 178 valence electrons. The molecule has 33 heavy (non-hydrogen) atoms. The number of carbonyl (C=O) groups is 1. The molecule has 0 radical (unpaired) electrons. The second-order valence-electron chi connectivity index (χ2n) is 9.35.